The first-order chi connectivity index (χ1) is 9.53. The third-order valence-electron chi connectivity index (χ3n) is 2.92. The molecule has 0 bridgehead atoms. The average Bonchev–Trinajstić information content (AvgIpc) is 2.48. The molecule has 0 aliphatic heterocycles. The Morgan fingerprint density at radius 2 is 2.30 bits per heavy atom. The molecule has 0 aromatic carbocycles. The van der Waals surface area contributed by atoms with Crippen molar-refractivity contribution in [3.63, 3.8) is 0 Å². The Kier molecular flexibility index (Phi) is 4.16. The van der Waals surface area contributed by atoms with Crippen LogP contribution < -0.4 is 0 Å². The molecule has 2 atom stereocenters. The van der Waals surface area contributed by atoms with Crippen LogP contribution in [0.3, 0.4) is 0 Å². The zero-order valence-corrected chi connectivity index (χ0v) is 11.8. The molecule has 1 aromatic heterocycles. The molecule has 1 unspecified atom stereocenters. The van der Waals surface area contributed by atoms with Gasteiger partial charge in [0.25, 0.3) is 5.91 Å². The van der Waals surface area contributed by atoms with Crippen molar-refractivity contribution in [2.45, 2.75) is 11.7 Å². The number of nitrogens with zero attached hydrogens (tertiary/aromatic N) is 2. The number of allylic oxidation sites excluding steroid dienone is 3. The third kappa shape index (κ3) is 3.22. The maximum atomic E-state index is 12.5. The molecule has 1 aromatic rings. The van der Waals surface area contributed by atoms with Crippen LogP contribution in [-0.2, 0) is 9.73 Å². The summed E-state index contributed by atoms with van der Waals surface area (Å²) in [5.41, 5.74) is 0.750. The molecule has 20 heavy (non-hydrogen) atoms. The Morgan fingerprint density at radius 3 is 2.95 bits per heavy atom. The summed E-state index contributed by atoms with van der Waals surface area (Å²) < 4.78 is 16.4. The summed E-state index contributed by atoms with van der Waals surface area (Å²) in [6, 6.07) is 1.52. The van der Waals surface area contributed by atoms with Crippen LogP contribution in [0.1, 0.15) is 22.3 Å². The van der Waals surface area contributed by atoms with Gasteiger partial charge in [0.05, 0.1) is 20.5 Å². The van der Waals surface area contributed by atoms with E-state index in [1.165, 1.54) is 24.7 Å². The first-order valence-electron chi connectivity index (χ1n) is 6.03. The van der Waals surface area contributed by atoms with E-state index in [0.717, 1.165) is 0 Å². The standard InChI is InChI=1S/C15H14N2O2S/c1-3-12-9-13(11-16-10-12)15(18)17-20(2,19)14-7-5-4-6-8-14/h1,4-7,9-11,14H,8H2,2H3/t14?,20-/m0/s1. The Morgan fingerprint density at radius 1 is 1.50 bits per heavy atom. The maximum Gasteiger partial charge on any atom is 0.286 e. The number of terminal acetylenes is 1. The molecule has 1 amide bonds. The molecule has 1 aliphatic carbocycles. The highest BCUT2D eigenvalue weighted by molar-refractivity contribution is 7.94. The summed E-state index contributed by atoms with van der Waals surface area (Å²) in [6.07, 6.45) is 17.7. The summed E-state index contributed by atoms with van der Waals surface area (Å²) in [5.74, 6) is 1.85. The topological polar surface area (TPSA) is 59.4 Å². The summed E-state index contributed by atoms with van der Waals surface area (Å²) in [7, 11) is -2.64. The van der Waals surface area contributed by atoms with Gasteiger partial charge in [0.15, 0.2) is 0 Å². The summed E-state index contributed by atoms with van der Waals surface area (Å²) in [6.45, 7) is 0. The van der Waals surface area contributed by atoms with E-state index in [1.54, 1.807) is 0 Å². The molecule has 1 heterocycles. The number of pyridine rings is 1. The fourth-order valence-corrected chi connectivity index (χ4v) is 3.22. The Labute approximate surface area is 118 Å². The summed E-state index contributed by atoms with van der Waals surface area (Å²) in [5, 5.41) is -0.250. The minimum atomic E-state index is -2.64. The highest BCUT2D eigenvalue weighted by Gasteiger charge is 2.18. The first kappa shape index (κ1) is 14.2. The number of hydrogen-bond acceptors (Lipinski definition) is 3. The third-order valence-corrected chi connectivity index (χ3v) is 4.92. The van der Waals surface area contributed by atoms with E-state index in [1.807, 2.05) is 24.3 Å². The molecule has 0 N–H and O–H groups in total. The van der Waals surface area contributed by atoms with E-state index >= 15 is 0 Å². The average molecular weight is 286 g/mol. The Balaban J connectivity index is 2.31. The van der Waals surface area contributed by atoms with E-state index < -0.39 is 15.6 Å². The predicted octanol–water partition coefficient (Wildman–Crippen LogP) is 2.19. The number of amides is 1. The summed E-state index contributed by atoms with van der Waals surface area (Å²) >= 11 is 0. The van der Waals surface area contributed by atoms with E-state index in [0.29, 0.717) is 12.0 Å². The van der Waals surface area contributed by atoms with Gasteiger partial charge in [-0.05, 0) is 12.5 Å². The zero-order chi connectivity index (χ0) is 14.6. The normalized spacial score (nSPS) is 19.9. The number of rotatable bonds is 2. The van der Waals surface area contributed by atoms with Gasteiger partial charge in [-0.1, -0.05) is 30.2 Å². The van der Waals surface area contributed by atoms with Crippen molar-refractivity contribution >= 4 is 15.6 Å². The zero-order valence-electron chi connectivity index (χ0n) is 11.0. The quantitative estimate of drug-likeness (QED) is 0.783. The van der Waals surface area contributed by atoms with E-state index in [9.17, 15) is 9.00 Å². The highest BCUT2D eigenvalue weighted by atomic mass is 32.2. The molecule has 0 radical (unpaired) electrons. The molecule has 0 saturated carbocycles. The molecule has 0 saturated heterocycles. The largest absolute Gasteiger partial charge is 0.286 e. The number of carbonyl (C=O) groups excluding carboxylic acids is 1. The van der Waals surface area contributed by atoms with Crippen LogP contribution >= 0.6 is 0 Å². The van der Waals surface area contributed by atoms with Gasteiger partial charge in [0.1, 0.15) is 0 Å². The van der Waals surface area contributed by atoms with Gasteiger partial charge in [-0.15, -0.1) is 6.42 Å². The highest BCUT2D eigenvalue weighted by Crippen LogP contribution is 2.15. The fourth-order valence-electron chi connectivity index (χ4n) is 1.80. The van der Waals surface area contributed by atoms with Gasteiger partial charge >= 0.3 is 0 Å². The van der Waals surface area contributed by atoms with Gasteiger partial charge in [-0.25, -0.2) is 4.21 Å². The van der Waals surface area contributed by atoms with Gasteiger partial charge in [-0.2, -0.15) is 4.36 Å². The van der Waals surface area contributed by atoms with Crippen LogP contribution in [0.5, 0.6) is 0 Å². The summed E-state index contributed by atoms with van der Waals surface area (Å²) in [4.78, 5) is 16.0. The van der Waals surface area contributed by atoms with E-state index in [2.05, 4.69) is 15.3 Å². The molecule has 0 fully saturated rings. The van der Waals surface area contributed by atoms with Crippen molar-refractivity contribution in [1.29, 1.82) is 0 Å². The molecule has 2 rings (SSSR count). The van der Waals surface area contributed by atoms with Crippen molar-refractivity contribution < 1.29 is 9.00 Å². The Bertz CT molecular complexity index is 747. The van der Waals surface area contributed by atoms with Crippen LogP contribution in [0.15, 0.2) is 47.1 Å². The number of aromatic nitrogens is 1. The Hall–Kier alpha value is -2.19. The van der Waals surface area contributed by atoms with Crippen molar-refractivity contribution in [2.75, 3.05) is 6.26 Å². The molecule has 5 heteroatoms. The molecule has 102 valence electrons. The lowest BCUT2D eigenvalue weighted by atomic mass is 10.2. The van der Waals surface area contributed by atoms with Crippen LogP contribution in [0.25, 0.3) is 0 Å². The van der Waals surface area contributed by atoms with Gasteiger partial charge in [0.2, 0.25) is 0 Å². The molecular formula is C15H14N2O2S. The van der Waals surface area contributed by atoms with Crippen LogP contribution in [-0.4, -0.2) is 26.6 Å². The lowest BCUT2D eigenvalue weighted by Gasteiger charge is -2.14. The number of carbonyl (C=O) groups is 1. The second kappa shape index (κ2) is 5.85. The molecule has 4 nitrogen and oxygen atoms in total. The number of hydrogen-bond donors (Lipinski definition) is 0. The first-order valence-corrected chi connectivity index (χ1v) is 8.02. The molecule has 1 aliphatic rings. The van der Waals surface area contributed by atoms with Crippen LogP contribution in [0.2, 0.25) is 0 Å². The smallest absolute Gasteiger partial charge is 0.266 e. The monoisotopic (exact) mass is 286 g/mol. The molecular weight excluding hydrogens is 272 g/mol. The van der Waals surface area contributed by atoms with E-state index in [4.69, 9.17) is 6.42 Å². The minimum absolute atomic E-state index is 0.250. The SMILES string of the molecule is C#Cc1cncc(C(=O)N=[S@@](C)(=O)C2C=CC=CC2)c1. The molecule has 0 spiro atoms. The lowest BCUT2D eigenvalue weighted by molar-refractivity contribution is 0.100. The van der Waals surface area contributed by atoms with Crippen molar-refractivity contribution in [3.8, 4) is 12.3 Å². The van der Waals surface area contributed by atoms with Crippen LogP contribution in [0.4, 0.5) is 0 Å². The van der Waals surface area contributed by atoms with E-state index in [-0.39, 0.29) is 10.8 Å². The van der Waals surface area contributed by atoms with Crippen molar-refractivity contribution in [1.82, 2.24) is 4.98 Å². The minimum Gasteiger partial charge on any atom is -0.266 e. The van der Waals surface area contributed by atoms with Gasteiger partial charge in [0, 0.05) is 24.2 Å². The second-order valence-electron chi connectivity index (χ2n) is 4.45. The van der Waals surface area contributed by atoms with Gasteiger partial charge < -0.3 is 0 Å². The van der Waals surface area contributed by atoms with Crippen molar-refractivity contribution in [2.24, 2.45) is 4.36 Å². The van der Waals surface area contributed by atoms with Gasteiger partial charge in [-0.3, -0.25) is 9.78 Å². The predicted molar refractivity (Wildman–Crippen MR) is 79.7 cm³/mol. The van der Waals surface area contributed by atoms with Crippen LogP contribution in [0, 0.1) is 12.3 Å². The lowest BCUT2D eigenvalue weighted by Crippen LogP contribution is -2.19. The van der Waals surface area contributed by atoms with Crippen molar-refractivity contribution in [3.05, 3.63) is 53.9 Å². The second-order valence-corrected chi connectivity index (χ2v) is 6.96. The fraction of sp³-hybridized carbons (Fsp3) is 0.200. The maximum absolute atomic E-state index is 12.5.